The molecule has 0 spiro atoms. The molecule has 0 aliphatic heterocycles. The Bertz CT molecular complexity index is 462. The molecule has 3 heteroatoms. The topological polar surface area (TPSA) is 55.1 Å². The lowest BCUT2D eigenvalue weighted by Gasteiger charge is -2.27. The summed E-state index contributed by atoms with van der Waals surface area (Å²) in [6.07, 6.45) is 7.01. The van der Waals surface area contributed by atoms with Crippen LogP contribution in [0.25, 0.3) is 0 Å². The molecule has 110 valence electrons. The minimum absolute atomic E-state index is 0.156. The third-order valence-electron chi connectivity index (χ3n) is 4.46. The van der Waals surface area contributed by atoms with E-state index in [0.29, 0.717) is 0 Å². The number of anilines is 2. The Labute approximate surface area is 121 Å². The molecule has 1 aliphatic carbocycles. The summed E-state index contributed by atoms with van der Waals surface area (Å²) < 4.78 is 0. The average Bonchev–Trinajstić information content (AvgIpc) is 2.44. The van der Waals surface area contributed by atoms with Crippen LogP contribution in [-0.4, -0.2) is 5.91 Å². The summed E-state index contributed by atoms with van der Waals surface area (Å²) in [5, 5.41) is 3.01. The second kappa shape index (κ2) is 6.78. The van der Waals surface area contributed by atoms with Crippen molar-refractivity contribution in [3.63, 3.8) is 0 Å². The molecule has 1 saturated carbocycles. The van der Waals surface area contributed by atoms with Crippen LogP contribution in [0.3, 0.4) is 0 Å². The van der Waals surface area contributed by atoms with E-state index < -0.39 is 0 Å². The summed E-state index contributed by atoms with van der Waals surface area (Å²) in [6, 6.07) is 5.71. The molecule has 1 aromatic carbocycles. The predicted molar refractivity (Wildman–Crippen MR) is 84.6 cm³/mol. The second-order valence-corrected chi connectivity index (χ2v) is 6.07. The van der Waals surface area contributed by atoms with Gasteiger partial charge in [0.2, 0.25) is 5.91 Å². The van der Waals surface area contributed by atoms with Crippen molar-refractivity contribution in [3.05, 3.63) is 23.8 Å². The molecule has 0 atom stereocenters. The molecule has 0 saturated heterocycles. The van der Waals surface area contributed by atoms with Crippen LogP contribution in [0.1, 0.15) is 51.0 Å². The summed E-state index contributed by atoms with van der Waals surface area (Å²) in [7, 11) is 0. The van der Waals surface area contributed by atoms with Crippen molar-refractivity contribution in [1.29, 1.82) is 0 Å². The summed E-state index contributed by atoms with van der Waals surface area (Å²) in [6.45, 7) is 4.20. The number of hydrogen-bond acceptors (Lipinski definition) is 2. The number of nitrogens with two attached hydrogens (primary N) is 1. The number of carbonyl (C=O) groups is 1. The normalized spacial score (nSPS) is 22.5. The van der Waals surface area contributed by atoms with Crippen LogP contribution >= 0.6 is 0 Å². The van der Waals surface area contributed by atoms with Gasteiger partial charge in [-0.3, -0.25) is 4.79 Å². The molecule has 0 unspecified atom stereocenters. The van der Waals surface area contributed by atoms with E-state index >= 15 is 0 Å². The molecule has 1 aliphatic rings. The van der Waals surface area contributed by atoms with Crippen LogP contribution < -0.4 is 11.1 Å². The predicted octanol–water partition coefficient (Wildman–Crippen LogP) is 4.12. The van der Waals surface area contributed by atoms with Crippen molar-refractivity contribution in [2.45, 2.75) is 52.4 Å². The number of nitrogen functional groups attached to an aromatic ring is 1. The summed E-state index contributed by atoms with van der Waals surface area (Å²) in [4.78, 5) is 12.3. The van der Waals surface area contributed by atoms with E-state index in [9.17, 15) is 4.79 Å². The van der Waals surface area contributed by atoms with Gasteiger partial charge in [-0.2, -0.15) is 0 Å². The monoisotopic (exact) mass is 274 g/mol. The maximum Gasteiger partial charge on any atom is 0.227 e. The molecule has 2 rings (SSSR count). The van der Waals surface area contributed by atoms with Gasteiger partial charge in [-0.15, -0.1) is 0 Å². The van der Waals surface area contributed by atoms with Gasteiger partial charge in [0.15, 0.2) is 0 Å². The van der Waals surface area contributed by atoms with E-state index in [-0.39, 0.29) is 11.8 Å². The minimum atomic E-state index is 0.156. The van der Waals surface area contributed by atoms with Gasteiger partial charge in [0.05, 0.1) is 0 Å². The van der Waals surface area contributed by atoms with Crippen LogP contribution in [0.5, 0.6) is 0 Å². The molecule has 20 heavy (non-hydrogen) atoms. The van der Waals surface area contributed by atoms with Gasteiger partial charge < -0.3 is 11.1 Å². The van der Waals surface area contributed by atoms with E-state index in [4.69, 9.17) is 5.73 Å². The van der Waals surface area contributed by atoms with Gasteiger partial charge >= 0.3 is 0 Å². The fourth-order valence-electron chi connectivity index (χ4n) is 3.08. The first kappa shape index (κ1) is 14.9. The number of aryl methyl sites for hydroxylation is 1. The maximum atomic E-state index is 12.3. The third-order valence-corrected chi connectivity index (χ3v) is 4.46. The van der Waals surface area contributed by atoms with Crippen molar-refractivity contribution in [2.24, 2.45) is 11.8 Å². The lowest BCUT2D eigenvalue weighted by molar-refractivity contribution is -0.121. The smallest absolute Gasteiger partial charge is 0.227 e. The molecule has 0 radical (unpaired) electrons. The van der Waals surface area contributed by atoms with E-state index in [1.807, 2.05) is 25.1 Å². The SMILES string of the molecule is CCCC1CCC(C(=O)Nc2ccc(C)c(N)c2)CC1. The lowest BCUT2D eigenvalue weighted by atomic mass is 9.80. The minimum Gasteiger partial charge on any atom is -0.398 e. The van der Waals surface area contributed by atoms with E-state index in [0.717, 1.165) is 35.7 Å². The molecule has 1 fully saturated rings. The fraction of sp³-hybridized carbons (Fsp3) is 0.588. The van der Waals surface area contributed by atoms with E-state index in [1.54, 1.807) is 0 Å². The van der Waals surface area contributed by atoms with Gasteiger partial charge in [0.1, 0.15) is 0 Å². The molecule has 3 nitrogen and oxygen atoms in total. The Morgan fingerprint density at radius 3 is 2.60 bits per heavy atom. The fourth-order valence-corrected chi connectivity index (χ4v) is 3.08. The molecular formula is C17H26N2O. The highest BCUT2D eigenvalue weighted by Gasteiger charge is 2.25. The quantitative estimate of drug-likeness (QED) is 0.811. The van der Waals surface area contributed by atoms with Gasteiger partial charge in [-0.05, 0) is 56.2 Å². The van der Waals surface area contributed by atoms with Crippen LogP contribution in [0, 0.1) is 18.8 Å². The zero-order valence-electron chi connectivity index (χ0n) is 12.6. The Balaban J connectivity index is 1.88. The summed E-state index contributed by atoms with van der Waals surface area (Å²) in [5.41, 5.74) is 8.46. The zero-order chi connectivity index (χ0) is 14.5. The molecule has 1 aromatic rings. The van der Waals surface area contributed by atoms with Crippen molar-refractivity contribution < 1.29 is 4.79 Å². The average molecular weight is 274 g/mol. The van der Waals surface area contributed by atoms with E-state index in [1.165, 1.54) is 25.7 Å². The molecule has 3 N–H and O–H groups in total. The Hall–Kier alpha value is -1.51. The molecule has 0 aromatic heterocycles. The van der Waals surface area contributed by atoms with Gasteiger partial charge in [-0.25, -0.2) is 0 Å². The second-order valence-electron chi connectivity index (χ2n) is 6.07. The van der Waals surface area contributed by atoms with E-state index in [2.05, 4.69) is 12.2 Å². The number of nitrogens with one attached hydrogen (secondary N) is 1. The third kappa shape index (κ3) is 3.75. The van der Waals surface area contributed by atoms with Crippen LogP contribution in [0.15, 0.2) is 18.2 Å². The highest BCUT2D eigenvalue weighted by atomic mass is 16.1. The van der Waals surface area contributed by atoms with Crippen molar-refractivity contribution in [2.75, 3.05) is 11.1 Å². The summed E-state index contributed by atoms with van der Waals surface area (Å²) in [5.74, 6) is 1.16. The molecule has 0 bridgehead atoms. The van der Waals surface area contributed by atoms with Crippen LogP contribution in [0.2, 0.25) is 0 Å². The number of hydrogen-bond donors (Lipinski definition) is 2. The maximum absolute atomic E-state index is 12.3. The first-order chi connectivity index (χ1) is 9.60. The number of benzene rings is 1. The standard InChI is InChI=1S/C17H26N2O/c1-3-4-13-6-8-14(9-7-13)17(20)19-15-10-5-12(2)16(18)11-15/h5,10-11,13-14H,3-4,6-9,18H2,1-2H3,(H,19,20). The van der Waals surface area contributed by atoms with Gasteiger partial charge in [-0.1, -0.05) is 25.8 Å². The number of rotatable bonds is 4. The molecule has 1 amide bonds. The number of amides is 1. The van der Waals surface area contributed by atoms with Crippen molar-refractivity contribution in [3.8, 4) is 0 Å². The Morgan fingerprint density at radius 1 is 1.30 bits per heavy atom. The number of carbonyl (C=O) groups excluding carboxylic acids is 1. The Morgan fingerprint density at radius 2 is 2.00 bits per heavy atom. The van der Waals surface area contributed by atoms with Crippen molar-refractivity contribution >= 4 is 17.3 Å². The first-order valence-corrected chi connectivity index (χ1v) is 7.77. The van der Waals surface area contributed by atoms with Crippen LogP contribution in [-0.2, 0) is 4.79 Å². The molecule has 0 heterocycles. The lowest BCUT2D eigenvalue weighted by Crippen LogP contribution is -2.27. The summed E-state index contributed by atoms with van der Waals surface area (Å²) >= 11 is 0. The highest BCUT2D eigenvalue weighted by molar-refractivity contribution is 5.93. The Kier molecular flexibility index (Phi) is 5.05. The van der Waals surface area contributed by atoms with Crippen LogP contribution in [0.4, 0.5) is 11.4 Å². The van der Waals surface area contributed by atoms with Gasteiger partial charge in [0, 0.05) is 17.3 Å². The first-order valence-electron chi connectivity index (χ1n) is 7.77. The largest absolute Gasteiger partial charge is 0.398 e. The van der Waals surface area contributed by atoms with Crippen molar-refractivity contribution in [1.82, 2.24) is 0 Å². The van der Waals surface area contributed by atoms with Gasteiger partial charge in [0.25, 0.3) is 0 Å². The molecular weight excluding hydrogens is 248 g/mol. The highest BCUT2D eigenvalue weighted by Crippen LogP contribution is 2.32. The zero-order valence-corrected chi connectivity index (χ0v) is 12.6.